The Kier molecular flexibility index (Phi) is 5.04. The molecule has 0 N–H and O–H groups in total. The summed E-state index contributed by atoms with van der Waals surface area (Å²) >= 11 is 0. The van der Waals surface area contributed by atoms with E-state index in [4.69, 9.17) is 4.74 Å². The second-order valence-electron chi connectivity index (χ2n) is 3.11. The molecule has 15 heavy (non-hydrogen) atoms. The number of carbonyl (C=O) groups excluding carboxylic acids is 1. The molecule has 0 heterocycles. The van der Waals surface area contributed by atoms with Gasteiger partial charge in [-0.1, -0.05) is 30.3 Å². The van der Waals surface area contributed by atoms with Gasteiger partial charge in [-0.2, -0.15) is 0 Å². The van der Waals surface area contributed by atoms with E-state index < -0.39 is 10.8 Å². The van der Waals surface area contributed by atoms with Crippen LogP contribution in [0.3, 0.4) is 0 Å². The van der Waals surface area contributed by atoms with Crippen LogP contribution in [0.4, 0.5) is 0 Å². The van der Waals surface area contributed by atoms with E-state index in [1.165, 1.54) is 6.92 Å². The highest BCUT2D eigenvalue weighted by Gasteiger charge is 2.02. The van der Waals surface area contributed by atoms with Crippen molar-refractivity contribution in [3.8, 4) is 0 Å². The third-order valence-electron chi connectivity index (χ3n) is 1.79. The first-order chi connectivity index (χ1) is 7.18. The van der Waals surface area contributed by atoms with Crippen LogP contribution in [-0.2, 0) is 26.1 Å². The van der Waals surface area contributed by atoms with Gasteiger partial charge < -0.3 is 4.74 Å². The van der Waals surface area contributed by atoms with Crippen molar-refractivity contribution in [3.05, 3.63) is 35.9 Å². The van der Waals surface area contributed by atoms with Gasteiger partial charge >= 0.3 is 5.97 Å². The van der Waals surface area contributed by atoms with E-state index >= 15 is 0 Å². The smallest absolute Gasteiger partial charge is 0.302 e. The summed E-state index contributed by atoms with van der Waals surface area (Å²) in [6, 6.07) is 9.62. The fourth-order valence-corrected chi connectivity index (χ4v) is 2.09. The van der Waals surface area contributed by atoms with Gasteiger partial charge in [-0.15, -0.1) is 0 Å². The zero-order valence-electron chi connectivity index (χ0n) is 8.64. The largest absolute Gasteiger partial charge is 0.465 e. The van der Waals surface area contributed by atoms with E-state index in [1.54, 1.807) is 0 Å². The highest BCUT2D eigenvalue weighted by molar-refractivity contribution is 7.84. The molecule has 0 saturated carbocycles. The maximum atomic E-state index is 11.5. The Bertz CT molecular complexity index is 335. The third kappa shape index (κ3) is 5.32. The lowest BCUT2D eigenvalue weighted by Gasteiger charge is -2.02. The molecule has 0 amide bonds. The highest BCUT2D eigenvalue weighted by Crippen LogP contribution is 2.02. The predicted octanol–water partition coefficient (Wildman–Crippen LogP) is 1.50. The number of hydrogen-bond acceptors (Lipinski definition) is 3. The summed E-state index contributed by atoms with van der Waals surface area (Å²) in [5, 5.41) is 0. The predicted molar refractivity (Wildman–Crippen MR) is 59.8 cm³/mol. The minimum atomic E-state index is -0.965. The molecule has 1 rings (SSSR count). The Hall–Kier alpha value is -1.16. The van der Waals surface area contributed by atoms with E-state index in [2.05, 4.69) is 0 Å². The fourth-order valence-electron chi connectivity index (χ4n) is 1.11. The Balaban J connectivity index is 2.28. The van der Waals surface area contributed by atoms with Gasteiger partial charge in [-0.3, -0.25) is 9.00 Å². The zero-order valence-corrected chi connectivity index (χ0v) is 9.46. The number of hydrogen-bond donors (Lipinski definition) is 0. The first-order valence-electron chi connectivity index (χ1n) is 4.71. The van der Waals surface area contributed by atoms with Crippen molar-refractivity contribution in [3.63, 3.8) is 0 Å². The minimum Gasteiger partial charge on any atom is -0.465 e. The molecule has 0 fully saturated rings. The van der Waals surface area contributed by atoms with Gasteiger partial charge in [0.2, 0.25) is 0 Å². The Morgan fingerprint density at radius 1 is 1.33 bits per heavy atom. The number of carbonyl (C=O) groups is 1. The van der Waals surface area contributed by atoms with Crippen LogP contribution in [0.25, 0.3) is 0 Å². The van der Waals surface area contributed by atoms with Crippen LogP contribution in [-0.4, -0.2) is 22.5 Å². The molecule has 0 aliphatic carbocycles. The summed E-state index contributed by atoms with van der Waals surface area (Å²) in [5.41, 5.74) is 1.04. The second kappa shape index (κ2) is 6.35. The Labute approximate surface area is 91.9 Å². The molecule has 4 heteroatoms. The minimum absolute atomic E-state index is 0.231. The summed E-state index contributed by atoms with van der Waals surface area (Å²) in [7, 11) is -0.965. The summed E-state index contributed by atoms with van der Waals surface area (Å²) in [6.45, 7) is 1.58. The van der Waals surface area contributed by atoms with Crippen molar-refractivity contribution in [2.45, 2.75) is 12.7 Å². The topological polar surface area (TPSA) is 43.4 Å². The van der Waals surface area contributed by atoms with Crippen molar-refractivity contribution in [1.29, 1.82) is 0 Å². The highest BCUT2D eigenvalue weighted by atomic mass is 32.2. The van der Waals surface area contributed by atoms with Crippen LogP contribution in [0, 0.1) is 0 Å². The van der Waals surface area contributed by atoms with Gasteiger partial charge in [0.05, 0.1) is 5.75 Å². The normalized spacial score (nSPS) is 12.1. The lowest BCUT2D eigenvalue weighted by atomic mass is 10.2. The second-order valence-corrected chi connectivity index (χ2v) is 4.69. The quantitative estimate of drug-likeness (QED) is 0.715. The molecule has 0 aromatic heterocycles. The average molecular weight is 226 g/mol. The van der Waals surface area contributed by atoms with Gasteiger partial charge in [-0.25, -0.2) is 0 Å². The molecule has 1 atom stereocenters. The molecular formula is C11H14O3S. The monoisotopic (exact) mass is 226 g/mol. The first kappa shape index (κ1) is 11.9. The number of benzene rings is 1. The standard InChI is InChI=1S/C11H14O3S/c1-10(12)14-7-8-15(13)9-11-5-3-2-4-6-11/h2-6H,7-9H2,1H3. The molecule has 0 saturated heterocycles. The molecule has 1 aromatic carbocycles. The lowest BCUT2D eigenvalue weighted by molar-refractivity contribution is -0.140. The zero-order chi connectivity index (χ0) is 11.1. The molecule has 3 nitrogen and oxygen atoms in total. The summed E-state index contributed by atoms with van der Waals surface area (Å²) in [4.78, 5) is 10.5. The fraction of sp³-hybridized carbons (Fsp3) is 0.364. The van der Waals surface area contributed by atoms with Crippen LogP contribution >= 0.6 is 0 Å². The van der Waals surface area contributed by atoms with Crippen LogP contribution in [0.5, 0.6) is 0 Å². The van der Waals surface area contributed by atoms with Crippen molar-refractivity contribution in [1.82, 2.24) is 0 Å². The van der Waals surface area contributed by atoms with Gasteiger partial charge in [-0.05, 0) is 5.56 Å². The summed E-state index contributed by atoms with van der Waals surface area (Å²) in [5.74, 6) is 0.586. The summed E-state index contributed by atoms with van der Waals surface area (Å²) in [6.07, 6.45) is 0. The molecular weight excluding hydrogens is 212 g/mol. The van der Waals surface area contributed by atoms with Gasteiger partial charge in [0.1, 0.15) is 6.61 Å². The van der Waals surface area contributed by atoms with E-state index in [9.17, 15) is 9.00 Å². The molecule has 0 radical (unpaired) electrons. The van der Waals surface area contributed by atoms with Crippen LogP contribution in [0.15, 0.2) is 30.3 Å². The Morgan fingerprint density at radius 2 is 2.00 bits per heavy atom. The van der Waals surface area contributed by atoms with Crippen LogP contribution < -0.4 is 0 Å². The lowest BCUT2D eigenvalue weighted by Crippen LogP contribution is -2.10. The maximum absolute atomic E-state index is 11.5. The maximum Gasteiger partial charge on any atom is 0.302 e. The molecule has 0 aliphatic rings. The molecule has 0 aliphatic heterocycles. The van der Waals surface area contributed by atoms with Gasteiger partial charge in [0, 0.05) is 23.5 Å². The molecule has 1 aromatic rings. The molecule has 82 valence electrons. The third-order valence-corrected chi connectivity index (χ3v) is 3.06. The van der Waals surface area contributed by atoms with E-state index in [-0.39, 0.29) is 12.6 Å². The number of esters is 1. The van der Waals surface area contributed by atoms with Crippen molar-refractivity contribution < 1.29 is 13.7 Å². The molecule has 1 unspecified atom stereocenters. The first-order valence-corrected chi connectivity index (χ1v) is 6.19. The average Bonchev–Trinajstić information content (AvgIpc) is 2.18. The van der Waals surface area contributed by atoms with Crippen molar-refractivity contribution in [2.24, 2.45) is 0 Å². The van der Waals surface area contributed by atoms with E-state index in [0.29, 0.717) is 11.5 Å². The van der Waals surface area contributed by atoms with Crippen molar-refractivity contribution in [2.75, 3.05) is 12.4 Å². The van der Waals surface area contributed by atoms with Crippen LogP contribution in [0.2, 0.25) is 0 Å². The van der Waals surface area contributed by atoms with E-state index in [1.807, 2.05) is 30.3 Å². The summed E-state index contributed by atoms with van der Waals surface area (Å²) < 4.78 is 16.2. The number of ether oxygens (including phenoxy) is 1. The van der Waals surface area contributed by atoms with E-state index in [0.717, 1.165) is 5.56 Å². The SMILES string of the molecule is CC(=O)OCCS(=O)Cc1ccccc1. The molecule has 0 bridgehead atoms. The molecule has 0 spiro atoms. The van der Waals surface area contributed by atoms with Gasteiger partial charge in [0.15, 0.2) is 0 Å². The van der Waals surface area contributed by atoms with Gasteiger partial charge in [0.25, 0.3) is 0 Å². The number of rotatable bonds is 5. The Morgan fingerprint density at radius 3 is 2.60 bits per heavy atom. The van der Waals surface area contributed by atoms with Crippen LogP contribution in [0.1, 0.15) is 12.5 Å². The van der Waals surface area contributed by atoms with Crippen molar-refractivity contribution >= 4 is 16.8 Å².